The van der Waals surface area contributed by atoms with Crippen LogP contribution in [0.1, 0.15) is 5.56 Å². The highest BCUT2D eigenvalue weighted by Crippen LogP contribution is 2.19. The molecule has 0 radical (unpaired) electrons. The van der Waals surface area contributed by atoms with Crippen molar-refractivity contribution >= 4 is 18.0 Å². The molecule has 0 bridgehead atoms. The summed E-state index contributed by atoms with van der Waals surface area (Å²) in [5.74, 6) is -0.334. The first-order valence-electron chi connectivity index (χ1n) is 7.20. The van der Waals surface area contributed by atoms with Crippen LogP contribution in [-0.2, 0) is 16.0 Å². The number of carbonyl (C=O) groups is 3. The van der Waals surface area contributed by atoms with Gasteiger partial charge in [0.1, 0.15) is 0 Å². The molecule has 0 saturated carbocycles. The van der Waals surface area contributed by atoms with Gasteiger partial charge in [0.15, 0.2) is 6.61 Å². The summed E-state index contributed by atoms with van der Waals surface area (Å²) in [7, 11) is 0. The summed E-state index contributed by atoms with van der Waals surface area (Å²) in [5.41, 5.74) is 1.16. The van der Waals surface area contributed by atoms with Crippen LogP contribution in [0.2, 0.25) is 0 Å². The van der Waals surface area contributed by atoms with E-state index in [0.29, 0.717) is 19.6 Å². The maximum atomic E-state index is 11.9. The molecule has 0 unspecified atom stereocenters. The molecule has 7 nitrogen and oxygen atoms in total. The number of benzene rings is 1. The third-order valence-electron chi connectivity index (χ3n) is 3.83. The van der Waals surface area contributed by atoms with E-state index in [1.807, 2.05) is 30.3 Å². The topological polar surface area (TPSA) is 79.0 Å². The molecule has 7 heteroatoms. The Morgan fingerprint density at radius 1 is 1.23 bits per heavy atom. The van der Waals surface area contributed by atoms with Gasteiger partial charge in [-0.25, -0.2) is 14.5 Å². The highest BCUT2D eigenvalue weighted by atomic mass is 16.6. The molecule has 0 spiro atoms. The molecule has 3 rings (SSSR count). The number of nitrogens with zero attached hydrogens (tertiary/aromatic N) is 2. The van der Waals surface area contributed by atoms with Gasteiger partial charge < -0.3 is 15.0 Å². The number of carbonyl (C=O) groups excluding carboxylic acids is 3. The molecule has 2 saturated heterocycles. The zero-order chi connectivity index (χ0) is 15.5. The largest absolute Gasteiger partial charge is 0.439 e. The second kappa shape index (κ2) is 6.05. The van der Waals surface area contributed by atoms with E-state index >= 15 is 0 Å². The van der Waals surface area contributed by atoms with Crippen LogP contribution < -0.4 is 5.32 Å². The normalized spacial score (nSPS) is 18.2. The van der Waals surface area contributed by atoms with Crippen molar-refractivity contribution in [3.8, 4) is 0 Å². The summed E-state index contributed by atoms with van der Waals surface area (Å²) in [6.45, 7) is 1.07. The van der Waals surface area contributed by atoms with Crippen LogP contribution in [0, 0.1) is 0 Å². The predicted molar refractivity (Wildman–Crippen MR) is 77.1 cm³/mol. The van der Waals surface area contributed by atoms with Crippen molar-refractivity contribution in [2.75, 3.05) is 26.2 Å². The minimum atomic E-state index is -0.612. The van der Waals surface area contributed by atoms with E-state index in [9.17, 15) is 14.4 Å². The summed E-state index contributed by atoms with van der Waals surface area (Å²) in [4.78, 5) is 37.5. The molecule has 4 amide bonds. The molecule has 22 heavy (non-hydrogen) atoms. The van der Waals surface area contributed by atoms with Gasteiger partial charge in [0.25, 0.3) is 5.91 Å². The number of hydrogen-bond donors (Lipinski definition) is 1. The SMILES string of the molecule is O=C(NCCc1ccccc1)N1CC(N2C(=O)COC2=O)C1. The quantitative estimate of drug-likeness (QED) is 0.883. The fourth-order valence-corrected chi connectivity index (χ4v) is 2.57. The van der Waals surface area contributed by atoms with Gasteiger partial charge in [0.2, 0.25) is 0 Å². The van der Waals surface area contributed by atoms with Crippen LogP contribution in [0.15, 0.2) is 30.3 Å². The van der Waals surface area contributed by atoms with E-state index < -0.39 is 6.09 Å². The number of cyclic esters (lactones) is 1. The maximum Gasteiger partial charge on any atom is 0.417 e. The summed E-state index contributed by atoms with van der Waals surface area (Å²) in [6, 6.07) is 9.46. The molecule has 116 valence electrons. The van der Waals surface area contributed by atoms with Crippen LogP contribution >= 0.6 is 0 Å². The average molecular weight is 303 g/mol. The number of ether oxygens (including phenoxy) is 1. The zero-order valence-corrected chi connectivity index (χ0v) is 12.0. The molecular formula is C15H17N3O4. The molecule has 2 aliphatic heterocycles. The van der Waals surface area contributed by atoms with E-state index in [1.54, 1.807) is 4.90 Å². The van der Waals surface area contributed by atoms with Crippen LogP contribution in [0.3, 0.4) is 0 Å². The Balaban J connectivity index is 1.40. The Kier molecular flexibility index (Phi) is 3.95. The smallest absolute Gasteiger partial charge is 0.417 e. The number of nitrogens with one attached hydrogen (secondary N) is 1. The minimum absolute atomic E-state index is 0.174. The van der Waals surface area contributed by atoms with E-state index in [2.05, 4.69) is 10.1 Å². The van der Waals surface area contributed by atoms with Crippen molar-refractivity contribution < 1.29 is 19.1 Å². The Morgan fingerprint density at radius 3 is 2.59 bits per heavy atom. The predicted octanol–water partition coefficient (Wildman–Crippen LogP) is 0.602. The number of hydrogen-bond acceptors (Lipinski definition) is 4. The van der Waals surface area contributed by atoms with E-state index in [-0.39, 0.29) is 24.6 Å². The molecule has 0 aliphatic carbocycles. The van der Waals surface area contributed by atoms with E-state index in [4.69, 9.17) is 0 Å². The lowest BCUT2D eigenvalue weighted by Gasteiger charge is -2.41. The minimum Gasteiger partial charge on any atom is -0.439 e. The van der Waals surface area contributed by atoms with Crippen molar-refractivity contribution in [2.45, 2.75) is 12.5 Å². The molecule has 2 heterocycles. The molecule has 2 fully saturated rings. The number of imide groups is 1. The molecule has 1 aromatic rings. The zero-order valence-electron chi connectivity index (χ0n) is 12.0. The lowest BCUT2D eigenvalue weighted by atomic mass is 10.1. The van der Waals surface area contributed by atoms with E-state index in [1.165, 1.54) is 0 Å². The molecule has 1 N–H and O–H groups in total. The van der Waals surface area contributed by atoms with Gasteiger partial charge in [-0.2, -0.15) is 0 Å². The number of likely N-dealkylation sites (tertiary alicyclic amines) is 1. The first kappa shape index (κ1) is 14.4. The van der Waals surface area contributed by atoms with Crippen LogP contribution in [0.25, 0.3) is 0 Å². The van der Waals surface area contributed by atoms with Crippen molar-refractivity contribution in [2.24, 2.45) is 0 Å². The third kappa shape index (κ3) is 2.88. The van der Waals surface area contributed by atoms with Crippen molar-refractivity contribution in [3.63, 3.8) is 0 Å². The van der Waals surface area contributed by atoms with Crippen LogP contribution in [0.5, 0.6) is 0 Å². The Bertz CT molecular complexity index is 568. The van der Waals surface area contributed by atoms with Crippen LogP contribution in [-0.4, -0.2) is 60.1 Å². The highest BCUT2D eigenvalue weighted by Gasteiger charge is 2.44. The van der Waals surface area contributed by atoms with Gasteiger partial charge >= 0.3 is 12.1 Å². The Morgan fingerprint density at radius 2 is 1.95 bits per heavy atom. The Hall–Kier alpha value is -2.57. The molecule has 2 aliphatic rings. The lowest BCUT2D eigenvalue weighted by Crippen LogP contribution is -2.64. The first-order chi connectivity index (χ1) is 10.6. The van der Waals surface area contributed by atoms with Gasteiger partial charge in [-0.1, -0.05) is 30.3 Å². The maximum absolute atomic E-state index is 11.9. The average Bonchev–Trinajstić information content (AvgIpc) is 2.79. The fourth-order valence-electron chi connectivity index (χ4n) is 2.57. The standard InChI is InChI=1S/C15H17N3O4/c19-13-10-22-15(21)18(13)12-8-17(9-12)14(20)16-7-6-11-4-2-1-3-5-11/h1-5,12H,6-10H2,(H,16,20). The number of urea groups is 1. The fraction of sp³-hybridized carbons (Fsp3) is 0.400. The van der Waals surface area contributed by atoms with Gasteiger partial charge in [0, 0.05) is 19.6 Å². The second-order valence-corrected chi connectivity index (χ2v) is 5.34. The van der Waals surface area contributed by atoms with Crippen LogP contribution in [0.4, 0.5) is 9.59 Å². The summed E-state index contributed by atoms with van der Waals surface area (Å²) in [6.07, 6.45) is 0.153. The van der Waals surface area contributed by atoms with Gasteiger partial charge in [-0.05, 0) is 12.0 Å². The monoisotopic (exact) mass is 303 g/mol. The summed E-state index contributed by atoms with van der Waals surface area (Å²) >= 11 is 0. The van der Waals surface area contributed by atoms with Gasteiger partial charge in [0.05, 0.1) is 6.04 Å². The van der Waals surface area contributed by atoms with Gasteiger partial charge in [-0.15, -0.1) is 0 Å². The van der Waals surface area contributed by atoms with Crippen molar-refractivity contribution in [1.29, 1.82) is 0 Å². The molecule has 1 aromatic carbocycles. The third-order valence-corrected chi connectivity index (χ3v) is 3.83. The molecule has 0 atom stereocenters. The number of amides is 4. The first-order valence-corrected chi connectivity index (χ1v) is 7.20. The van der Waals surface area contributed by atoms with Crippen molar-refractivity contribution in [3.05, 3.63) is 35.9 Å². The van der Waals surface area contributed by atoms with Crippen molar-refractivity contribution in [1.82, 2.24) is 15.1 Å². The summed E-state index contributed by atoms with van der Waals surface area (Å²) < 4.78 is 4.66. The molecule has 0 aromatic heterocycles. The number of rotatable bonds is 4. The van der Waals surface area contributed by atoms with E-state index in [0.717, 1.165) is 16.9 Å². The second-order valence-electron chi connectivity index (χ2n) is 5.34. The Labute approximate surface area is 127 Å². The summed E-state index contributed by atoms with van der Waals surface area (Å²) in [5, 5.41) is 2.83. The molecular weight excluding hydrogens is 286 g/mol. The van der Waals surface area contributed by atoms with Gasteiger partial charge in [-0.3, -0.25) is 4.79 Å². The highest BCUT2D eigenvalue weighted by molar-refractivity contribution is 5.98. The lowest BCUT2D eigenvalue weighted by molar-refractivity contribution is -0.129.